The van der Waals surface area contributed by atoms with Gasteiger partial charge in [0.1, 0.15) is 21.4 Å². The molecule has 0 atom stereocenters. The zero-order valence-electron chi connectivity index (χ0n) is 18.6. The molecule has 8 nitrogen and oxygen atoms in total. The molecule has 0 amide bonds. The van der Waals surface area contributed by atoms with E-state index in [9.17, 15) is 23.1 Å². The Morgan fingerprint density at radius 2 is 1.26 bits per heavy atom. The predicted octanol–water partition coefficient (Wildman–Crippen LogP) is -1.72. The van der Waals surface area contributed by atoms with Crippen molar-refractivity contribution in [3.05, 3.63) is 74.1 Å². The molecular formula is C20H24N3O5Rb2S+. The number of aromatic hydroxyl groups is 1. The van der Waals surface area contributed by atoms with E-state index in [0.29, 0.717) is 5.69 Å². The van der Waals surface area contributed by atoms with Crippen molar-refractivity contribution in [2.75, 3.05) is 10.6 Å². The molecule has 156 valence electrons. The van der Waals surface area contributed by atoms with Crippen LogP contribution in [0.3, 0.4) is 0 Å². The van der Waals surface area contributed by atoms with Crippen LogP contribution in [0.4, 0.5) is 22.7 Å². The number of phenolic OH excluding ortho intramolecular Hbond substituents is 1. The molecule has 0 saturated carbocycles. The maximum absolute atomic E-state index is 11.8. The molecule has 3 aromatic carbocycles. The van der Waals surface area contributed by atoms with Crippen molar-refractivity contribution in [2.45, 2.75) is 32.6 Å². The van der Waals surface area contributed by atoms with E-state index in [0.717, 1.165) is 6.07 Å². The minimum absolute atomic E-state index is 0. The van der Waals surface area contributed by atoms with Crippen LogP contribution >= 0.6 is 0 Å². The summed E-state index contributed by atoms with van der Waals surface area (Å²) >= 11 is 0. The molecule has 4 N–H and O–H groups in total. The second-order valence-corrected chi connectivity index (χ2v) is 6.63. The maximum atomic E-state index is 11.8. The minimum Gasteiger partial charge on any atom is -0.560 e. The summed E-state index contributed by atoms with van der Waals surface area (Å²) in [6.45, 7) is 8.00. The van der Waals surface area contributed by atoms with Gasteiger partial charge in [-0.1, -0.05) is 52.0 Å². The van der Waals surface area contributed by atoms with E-state index in [1.54, 1.807) is 30.3 Å². The summed E-state index contributed by atoms with van der Waals surface area (Å²) in [7, 11) is -4.39. The van der Waals surface area contributed by atoms with Crippen LogP contribution in [0.1, 0.15) is 27.7 Å². The van der Waals surface area contributed by atoms with Crippen LogP contribution in [0, 0.1) is 0 Å². The molecule has 11 heteroatoms. The Morgan fingerprint density at radius 3 is 1.74 bits per heavy atom. The second kappa shape index (κ2) is 16.1. The van der Waals surface area contributed by atoms with Gasteiger partial charge in [-0.2, -0.15) is 0 Å². The van der Waals surface area contributed by atoms with Crippen LogP contribution in [0.15, 0.2) is 63.0 Å². The van der Waals surface area contributed by atoms with Gasteiger partial charge in [-0.3, -0.25) is 9.59 Å². The fourth-order valence-electron chi connectivity index (χ4n) is 2.27. The predicted molar refractivity (Wildman–Crippen MR) is 117 cm³/mol. The largest absolute Gasteiger partial charge is 1.00 e. The molecule has 0 aliphatic heterocycles. The first kappa shape index (κ1) is 33.6. The molecule has 0 aromatic heterocycles. The van der Waals surface area contributed by atoms with Crippen LogP contribution in [-0.2, 0) is 10.0 Å². The van der Waals surface area contributed by atoms with Crippen molar-refractivity contribution < 1.29 is 130 Å². The summed E-state index contributed by atoms with van der Waals surface area (Å²) in [6.07, 6.45) is 0. The Kier molecular flexibility index (Phi) is 17.5. The van der Waals surface area contributed by atoms with Gasteiger partial charge in [0.2, 0.25) is 0 Å². The fourth-order valence-corrected chi connectivity index (χ4v) is 2.89. The first-order chi connectivity index (χ1) is 13.8. The topological polar surface area (TPSA) is 136 Å². The normalized spacial score (nSPS) is 9.58. The zero-order valence-corrected chi connectivity index (χ0v) is 29.3. The van der Waals surface area contributed by atoms with Gasteiger partial charge >= 0.3 is 116 Å². The number of anilines is 4. The van der Waals surface area contributed by atoms with E-state index in [2.05, 4.69) is 10.6 Å². The number of hydrogen-bond acceptors (Lipinski definition) is 7. The molecule has 31 heavy (non-hydrogen) atoms. The first-order valence-corrected chi connectivity index (χ1v) is 10.5. The van der Waals surface area contributed by atoms with Crippen LogP contribution in [0.5, 0.6) is 5.75 Å². The Balaban J connectivity index is 0. The molecule has 0 aliphatic rings. The van der Waals surface area contributed by atoms with Crippen molar-refractivity contribution >= 4 is 32.8 Å². The molecule has 0 saturated heterocycles. The number of hydrogen-bond donors (Lipinski definition) is 3. The number of phenols is 1. The third-order valence-electron chi connectivity index (χ3n) is 3.50. The van der Waals surface area contributed by atoms with Gasteiger partial charge in [0.15, 0.2) is 5.75 Å². The second-order valence-electron chi connectivity index (χ2n) is 5.18. The van der Waals surface area contributed by atoms with Gasteiger partial charge in [-0.15, -0.1) is 0 Å². The standard InChI is InChI=1S/C16H13N3O5S.2C2H6.2Rb/c17-25(23,24)11-8-4-7-10(14(11)20)19-13-12(15(21)16(13)22)18-9-5-2-1-3-6-9;2*1-2;;/h1-8H,(H5,17,18,19,20,21,22,23,24);2*1-2H3;;/q;;;2*+1/p-1. The van der Waals surface area contributed by atoms with Crippen molar-refractivity contribution in [3.8, 4) is 5.75 Å². The average molecular weight is 589 g/mol. The van der Waals surface area contributed by atoms with Gasteiger partial charge in [-0.05, 0) is 24.3 Å². The summed E-state index contributed by atoms with van der Waals surface area (Å²) in [6, 6.07) is 12.4. The monoisotopic (exact) mass is 588 g/mol. The molecule has 0 bridgehead atoms. The van der Waals surface area contributed by atoms with Crippen molar-refractivity contribution in [1.29, 1.82) is 0 Å². The van der Waals surface area contributed by atoms with Crippen LogP contribution in [-0.4, -0.2) is 13.5 Å². The summed E-state index contributed by atoms with van der Waals surface area (Å²) in [4.78, 5) is 23.0. The third kappa shape index (κ3) is 8.95. The number of sulfonamides is 1. The molecule has 0 radical (unpaired) electrons. The fraction of sp³-hybridized carbons (Fsp3) is 0.200. The molecule has 3 rings (SSSR count). The Labute approximate surface area is 280 Å². The quantitative estimate of drug-likeness (QED) is 0.238. The molecule has 3 aromatic rings. The van der Waals surface area contributed by atoms with Crippen molar-refractivity contribution in [2.24, 2.45) is 0 Å². The Bertz CT molecular complexity index is 1130. The van der Waals surface area contributed by atoms with Gasteiger partial charge < -0.3 is 20.9 Å². The Hall–Kier alpha value is 0.440. The third-order valence-corrected chi connectivity index (χ3v) is 4.41. The van der Waals surface area contributed by atoms with Gasteiger partial charge in [0.05, 0.1) is 10.6 Å². The van der Waals surface area contributed by atoms with E-state index in [4.69, 9.17) is 5.14 Å². The van der Waals surface area contributed by atoms with Gasteiger partial charge in [0, 0.05) is 5.69 Å². The maximum Gasteiger partial charge on any atom is 1.00 e. The number of benzene rings is 2. The number of para-hydroxylation sites is 2. The molecule has 0 unspecified atom stereocenters. The van der Waals surface area contributed by atoms with Crippen LogP contribution < -0.4 is 138 Å². The minimum atomic E-state index is -4.39. The van der Waals surface area contributed by atoms with E-state index in [1.165, 1.54) is 12.1 Å². The van der Waals surface area contributed by atoms with E-state index < -0.39 is 31.5 Å². The molecule has 0 aliphatic carbocycles. The van der Waals surface area contributed by atoms with Gasteiger partial charge in [-0.25, -0.2) is 8.42 Å². The van der Waals surface area contributed by atoms with Gasteiger partial charge in [0.25, 0.3) is 10.9 Å². The molecule has 0 heterocycles. The number of nitrogens with one attached hydrogen (secondary N) is 3. The van der Waals surface area contributed by atoms with E-state index in [-0.39, 0.29) is 133 Å². The smallest absolute Gasteiger partial charge is 0.560 e. The summed E-state index contributed by atoms with van der Waals surface area (Å²) < 4.78 is 22.7. The van der Waals surface area contributed by atoms with Crippen LogP contribution in [0.25, 0.3) is 5.14 Å². The van der Waals surface area contributed by atoms with E-state index >= 15 is 0 Å². The summed E-state index contributed by atoms with van der Waals surface area (Å²) in [5.41, 5.74) is -1.12. The Morgan fingerprint density at radius 1 is 0.774 bits per heavy atom. The van der Waals surface area contributed by atoms with Crippen LogP contribution in [0.2, 0.25) is 0 Å². The van der Waals surface area contributed by atoms with E-state index in [1.807, 2.05) is 27.7 Å². The number of rotatable bonds is 5. The molecular weight excluding hydrogens is 565 g/mol. The molecule has 0 spiro atoms. The van der Waals surface area contributed by atoms with Crippen molar-refractivity contribution in [3.63, 3.8) is 0 Å². The average Bonchev–Trinajstić information content (AvgIpc) is 2.74. The van der Waals surface area contributed by atoms with Crippen molar-refractivity contribution in [1.82, 2.24) is 0 Å². The molecule has 0 fully saturated rings. The first-order valence-electron chi connectivity index (χ1n) is 9.03. The summed E-state index contributed by atoms with van der Waals surface area (Å²) in [5, 5.41) is 22.4. The SMILES string of the molecule is CC.CC.[NH-]S(=O)(=O)c1cccc(Nc2c(Nc3ccccc3)c(=O)c2=O)c1O.[Rb+].[Rb+]. The summed E-state index contributed by atoms with van der Waals surface area (Å²) in [5.74, 6) is -0.698. The zero-order chi connectivity index (χ0) is 22.2.